The first-order valence-electron chi connectivity index (χ1n) is 7.21. The number of hydrogen-bond acceptors (Lipinski definition) is 3. The summed E-state index contributed by atoms with van der Waals surface area (Å²) >= 11 is 0. The van der Waals surface area contributed by atoms with E-state index in [1.54, 1.807) is 26.2 Å². The second kappa shape index (κ2) is 6.14. The molecule has 1 aliphatic rings. The van der Waals surface area contributed by atoms with E-state index in [-0.39, 0.29) is 0 Å². The van der Waals surface area contributed by atoms with Crippen molar-refractivity contribution in [2.24, 2.45) is 5.92 Å². The molecule has 1 N–H and O–H groups in total. The zero-order valence-electron chi connectivity index (χ0n) is 12.5. The first kappa shape index (κ1) is 15.3. The fraction of sp³-hybridized carbons (Fsp3) is 0.600. The Bertz CT molecular complexity index is 549. The molecule has 0 amide bonds. The zero-order valence-corrected chi connectivity index (χ0v) is 13.3. The number of sulfonamides is 1. The minimum Gasteiger partial charge on any atom is -0.381 e. The average molecular weight is 296 g/mol. The number of benzene rings is 1. The van der Waals surface area contributed by atoms with Gasteiger partial charge in [0.2, 0.25) is 10.0 Å². The van der Waals surface area contributed by atoms with Crippen molar-refractivity contribution in [3.63, 3.8) is 0 Å². The third kappa shape index (κ3) is 3.15. The Balaban J connectivity index is 2.24. The molecule has 0 radical (unpaired) electrons. The third-order valence-corrected chi connectivity index (χ3v) is 6.01. The van der Waals surface area contributed by atoms with Crippen molar-refractivity contribution in [1.29, 1.82) is 0 Å². The van der Waals surface area contributed by atoms with Gasteiger partial charge in [-0.15, -0.1) is 0 Å². The van der Waals surface area contributed by atoms with Gasteiger partial charge in [0.25, 0.3) is 0 Å². The molecule has 0 aliphatic heterocycles. The van der Waals surface area contributed by atoms with Gasteiger partial charge in [0.1, 0.15) is 4.90 Å². The van der Waals surface area contributed by atoms with Crippen LogP contribution in [-0.4, -0.2) is 32.9 Å². The van der Waals surface area contributed by atoms with Crippen LogP contribution in [0.2, 0.25) is 0 Å². The Morgan fingerprint density at radius 1 is 1.20 bits per heavy atom. The minimum atomic E-state index is -3.41. The predicted octanol–water partition coefficient (Wildman–Crippen LogP) is 2.93. The lowest BCUT2D eigenvalue weighted by molar-refractivity contribution is 0.480. The fourth-order valence-corrected chi connectivity index (χ4v) is 3.88. The van der Waals surface area contributed by atoms with Crippen LogP contribution in [0.15, 0.2) is 29.2 Å². The number of rotatable bonds is 5. The molecule has 1 aromatic carbocycles. The lowest BCUT2D eigenvalue weighted by Gasteiger charge is -2.24. The molecule has 1 saturated carbocycles. The van der Waals surface area contributed by atoms with Crippen molar-refractivity contribution in [1.82, 2.24) is 4.31 Å². The van der Waals surface area contributed by atoms with Gasteiger partial charge in [0.15, 0.2) is 0 Å². The highest BCUT2D eigenvalue weighted by molar-refractivity contribution is 7.89. The summed E-state index contributed by atoms with van der Waals surface area (Å²) in [5, 5.41) is 3.41. The van der Waals surface area contributed by atoms with E-state index in [1.165, 1.54) is 30.0 Å². The molecule has 1 unspecified atom stereocenters. The van der Waals surface area contributed by atoms with Crippen molar-refractivity contribution >= 4 is 15.7 Å². The minimum absolute atomic E-state index is 0.302. The summed E-state index contributed by atoms with van der Waals surface area (Å²) in [4.78, 5) is 0.356. The van der Waals surface area contributed by atoms with Crippen molar-refractivity contribution < 1.29 is 8.42 Å². The standard InChI is InChI=1S/C15H24N2O2S/c1-12(13-8-4-5-9-13)16-14-10-6-7-11-15(14)20(18,19)17(2)3/h6-7,10-13,16H,4-5,8-9H2,1-3H3. The zero-order chi connectivity index (χ0) is 14.8. The molecule has 112 valence electrons. The second-order valence-electron chi connectivity index (χ2n) is 5.76. The number of para-hydroxylation sites is 1. The van der Waals surface area contributed by atoms with E-state index in [2.05, 4.69) is 12.2 Å². The lowest BCUT2D eigenvalue weighted by atomic mass is 9.99. The summed E-state index contributed by atoms with van der Waals surface area (Å²) in [6.45, 7) is 2.15. The average Bonchev–Trinajstić information content (AvgIpc) is 2.93. The van der Waals surface area contributed by atoms with E-state index < -0.39 is 10.0 Å². The first-order valence-corrected chi connectivity index (χ1v) is 8.65. The summed E-state index contributed by atoms with van der Waals surface area (Å²) in [5.74, 6) is 0.644. The van der Waals surface area contributed by atoms with Gasteiger partial charge in [-0.3, -0.25) is 0 Å². The molecule has 1 fully saturated rings. The largest absolute Gasteiger partial charge is 0.381 e. The molecule has 1 aliphatic carbocycles. The van der Waals surface area contributed by atoms with Crippen LogP contribution in [0.3, 0.4) is 0 Å². The van der Waals surface area contributed by atoms with E-state index in [9.17, 15) is 8.42 Å². The molecule has 1 atom stereocenters. The molecular weight excluding hydrogens is 272 g/mol. The van der Waals surface area contributed by atoms with Gasteiger partial charge in [-0.2, -0.15) is 0 Å². The van der Waals surface area contributed by atoms with Crippen LogP contribution < -0.4 is 5.32 Å². The fourth-order valence-electron chi connectivity index (χ4n) is 2.83. The third-order valence-electron chi connectivity index (χ3n) is 4.14. The molecule has 4 nitrogen and oxygen atoms in total. The van der Waals surface area contributed by atoms with Crippen molar-refractivity contribution in [2.75, 3.05) is 19.4 Å². The quantitative estimate of drug-likeness (QED) is 0.909. The Hall–Kier alpha value is -1.07. The van der Waals surface area contributed by atoms with Gasteiger partial charge in [0.05, 0.1) is 5.69 Å². The highest BCUT2D eigenvalue weighted by atomic mass is 32.2. The van der Waals surface area contributed by atoms with Crippen LogP contribution in [-0.2, 0) is 10.0 Å². The highest BCUT2D eigenvalue weighted by Gasteiger charge is 2.25. The molecule has 20 heavy (non-hydrogen) atoms. The first-order chi connectivity index (χ1) is 9.43. The lowest BCUT2D eigenvalue weighted by Crippen LogP contribution is -2.27. The Morgan fingerprint density at radius 2 is 1.80 bits per heavy atom. The molecule has 1 aromatic rings. The maximum atomic E-state index is 12.3. The van der Waals surface area contributed by atoms with Crippen LogP contribution in [0, 0.1) is 5.92 Å². The monoisotopic (exact) mass is 296 g/mol. The number of nitrogens with one attached hydrogen (secondary N) is 1. The van der Waals surface area contributed by atoms with Gasteiger partial charge in [-0.05, 0) is 37.8 Å². The topological polar surface area (TPSA) is 49.4 Å². The SMILES string of the molecule is CC(Nc1ccccc1S(=O)(=O)N(C)C)C1CCCC1. The van der Waals surface area contributed by atoms with Crippen LogP contribution >= 0.6 is 0 Å². The summed E-state index contributed by atoms with van der Waals surface area (Å²) in [5.41, 5.74) is 0.709. The van der Waals surface area contributed by atoms with Crippen LogP contribution in [0.1, 0.15) is 32.6 Å². The predicted molar refractivity (Wildman–Crippen MR) is 82.4 cm³/mol. The van der Waals surface area contributed by atoms with Gasteiger partial charge >= 0.3 is 0 Å². The van der Waals surface area contributed by atoms with E-state index in [1.807, 2.05) is 12.1 Å². The van der Waals surface area contributed by atoms with Gasteiger partial charge in [-0.25, -0.2) is 12.7 Å². The smallest absolute Gasteiger partial charge is 0.244 e. The maximum Gasteiger partial charge on any atom is 0.244 e. The second-order valence-corrected chi connectivity index (χ2v) is 7.88. The van der Waals surface area contributed by atoms with Gasteiger partial charge in [-0.1, -0.05) is 25.0 Å². The summed E-state index contributed by atoms with van der Waals surface area (Å²) in [6, 6.07) is 7.46. The summed E-state index contributed by atoms with van der Waals surface area (Å²) in [7, 11) is -0.282. The van der Waals surface area contributed by atoms with Crippen molar-refractivity contribution in [2.45, 2.75) is 43.5 Å². The molecule has 0 spiro atoms. The van der Waals surface area contributed by atoms with Crippen LogP contribution in [0.25, 0.3) is 0 Å². The Kier molecular flexibility index (Phi) is 4.70. The summed E-state index contributed by atoms with van der Waals surface area (Å²) < 4.78 is 25.9. The Morgan fingerprint density at radius 3 is 2.40 bits per heavy atom. The van der Waals surface area contributed by atoms with Crippen molar-refractivity contribution in [3.05, 3.63) is 24.3 Å². The molecule has 0 bridgehead atoms. The van der Waals surface area contributed by atoms with Crippen LogP contribution in [0.4, 0.5) is 5.69 Å². The normalized spacial score (nSPS) is 18.4. The van der Waals surface area contributed by atoms with E-state index in [4.69, 9.17) is 0 Å². The van der Waals surface area contributed by atoms with Crippen LogP contribution in [0.5, 0.6) is 0 Å². The molecular formula is C15H24N2O2S. The molecule has 0 heterocycles. The molecule has 0 saturated heterocycles. The van der Waals surface area contributed by atoms with E-state index >= 15 is 0 Å². The van der Waals surface area contributed by atoms with Gasteiger partial charge in [0, 0.05) is 20.1 Å². The van der Waals surface area contributed by atoms with E-state index in [0.717, 1.165) is 0 Å². The van der Waals surface area contributed by atoms with E-state index in [0.29, 0.717) is 22.5 Å². The molecule has 5 heteroatoms. The maximum absolute atomic E-state index is 12.3. The summed E-state index contributed by atoms with van der Waals surface area (Å²) in [6.07, 6.45) is 5.04. The molecule has 0 aromatic heterocycles. The van der Waals surface area contributed by atoms with Crippen molar-refractivity contribution in [3.8, 4) is 0 Å². The number of anilines is 1. The number of hydrogen-bond donors (Lipinski definition) is 1. The Labute approximate surface area is 122 Å². The number of nitrogens with zero attached hydrogens (tertiary/aromatic N) is 1. The highest BCUT2D eigenvalue weighted by Crippen LogP contribution is 2.31. The van der Waals surface area contributed by atoms with Gasteiger partial charge < -0.3 is 5.32 Å². The molecule has 2 rings (SSSR count).